The van der Waals surface area contributed by atoms with Gasteiger partial charge in [0, 0.05) is 24.5 Å². The molecular formula is C25H21N3O7. The lowest BCUT2D eigenvalue weighted by Crippen LogP contribution is -2.35. The summed E-state index contributed by atoms with van der Waals surface area (Å²) in [4.78, 5) is 62.9. The molecule has 35 heavy (non-hydrogen) atoms. The highest BCUT2D eigenvalue weighted by atomic mass is 16.6. The number of carbonyl (C=O) groups excluding carboxylic acids is 4. The van der Waals surface area contributed by atoms with Crippen molar-refractivity contribution in [1.82, 2.24) is 4.90 Å². The number of benzene rings is 3. The van der Waals surface area contributed by atoms with Gasteiger partial charge in [-0.25, -0.2) is 0 Å². The van der Waals surface area contributed by atoms with E-state index in [4.69, 9.17) is 4.74 Å². The molecule has 0 unspecified atom stereocenters. The van der Waals surface area contributed by atoms with E-state index in [2.05, 4.69) is 0 Å². The predicted octanol–water partition coefficient (Wildman–Crippen LogP) is 3.33. The van der Waals surface area contributed by atoms with Gasteiger partial charge in [-0.1, -0.05) is 42.5 Å². The number of amides is 3. The second kappa shape index (κ2) is 9.72. The third-order valence-corrected chi connectivity index (χ3v) is 5.74. The number of esters is 1. The van der Waals surface area contributed by atoms with Crippen molar-refractivity contribution in [2.24, 2.45) is 0 Å². The SMILES string of the molecule is CCN(C(=O)COC(=O)CCN1C(=O)c2cccc([N+](=O)[O-])c2C1=O)c1cccc2ccccc12. The van der Waals surface area contributed by atoms with Crippen LogP contribution >= 0.6 is 0 Å². The van der Waals surface area contributed by atoms with Crippen molar-refractivity contribution in [3.8, 4) is 0 Å². The number of anilines is 1. The molecule has 0 aromatic heterocycles. The predicted molar refractivity (Wildman–Crippen MR) is 126 cm³/mol. The molecule has 1 aliphatic heterocycles. The minimum Gasteiger partial charge on any atom is -0.455 e. The lowest BCUT2D eigenvalue weighted by Gasteiger charge is -2.22. The van der Waals surface area contributed by atoms with Gasteiger partial charge in [-0.3, -0.25) is 34.2 Å². The number of ether oxygens (including phenoxy) is 1. The first-order chi connectivity index (χ1) is 16.8. The number of hydrogen-bond donors (Lipinski definition) is 0. The fourth-order valence-electron chi connectivity index (χ4n) is 4.09. The summed E-state index contributed by atoms with van der Waals surface area (Å²) in [6.45, 7) is 1.34. The van der Waals surface area contributed by atoms with Crippen molar-refractivity contribution in [3.63, 3.8) is 0 Å². The summed E-state index contributed by atoms with van der Waals surface area (Å²) in [5.41, 5.74) is -0.148. The Balaban J connectivity index is 1.37. The number of hydrogen-bond acceptors (Lipinski definition) is 7. The van der Waals surface area contributed by atoms with E-state index in [9.17, 15) is 29.3 Å². The normalized spacial score (nSPS) is 12.5. The Bertz CT molecular complexity index is 1360. The number of nitro groups is 1. The van der Waals surface area contributed by atoms with E-state index in [1.54, 1.807) is 0 Å². The van der Waals surface area contributed by atoms with Gasteiger partial charge in [0.1, 0.15) is 5.56 Å². The Labute approximate surface area is 199 Å². The number of carbonyl (C=O) groups is 4. The molecular weight excluding hydrogens is 454 g/mol. The zero-order chi connectivity index (χ0) is 25.1. The molecule has 0 spiro atoms. The molecule has 0 bridgehead atoms. The maximum absolute atomic E-state index is 12.8. The van der Waals surface area contributed by atoms with Crippen LogP contribution < -0.4 is 4.90 Å². The molecule has 0 saturated heterocycles. The van der Waals surface area contributed by atoms with Crippen molar-refractivity contribution < 1.29 is 28.8 Å². The maximum Gasteiger partial charge on any atom is 0.308 e. The van der Waals surface area contributed by atoms with E-state index >= 15 is 0 Å². The quantitative estimate of drug-likeness (QED) is 0.212. The fraction of sp³-hybridized carbons (Fsp3) is 0.200. The van der Waals surface area contributed by atoms with Crippen LogP contribution in [0.2, 0.25) is 0 Å². The monoisotopic (exact) mass is 475 g/mol. The number of fused-ring (bicyclic) bond motifs is 2. The Morgan fingerprint density at radius 1 is 1.00 bits per heavy atom. The van der Waals surface area contributed by atoms with Crippen LogP contribution in [0.25, 0.3) is 10.8 Å². The topological polar surface area (TPSA) is 127 Å². The zero-order valence-corrected chi connectivity index (χ0v) is 18.8. The molecule has 3 aromatic carbocycles. The Hall–Kier alpha value is -4.60. The van der Waals surface area contributed by atoms with Crippen LogP contribution in [-0.2, 0) is 14.3 Å². The van der Waals surface area contributed by atoms with Gasteiger partial charge in [0.25, 0.3) is 23.4 Å². The van der Waals surface area contributed by atoms with Crippen molar-refractivity contribution in [1.29, 1.82) is 0 Å². The summed E-state index contributed by atoms with van der Waals surface area (Å²) in [6.07, 6.45) is -0.354. The third kappa shape index (κ3) is 4.45. The fourth-order valence-corrected chi connectivity index (χ4v) is 4.09. The highest BCUT2D eigenvalue weighted by molar-refractivity contribution is 6.23. The molecule has 178 valence electrons. The molecule has 0 radical (unpaired) electrons. The lowest BCUT2D eigenvalue weighted by atomic mass is 10.1. The van der Waals surface area contributed by atoms with Crippen LogP contribution in [0.3, 0.4) is 0 Å². The summed E-state index contributed by atoms with van der Waals surface area (Å²) in [5.74, 6) is -2.76. The molecule has 3 amide bonds. The molecule has 1 aliphatic rings. The average molecular weight is 475 g/mol. The van der Waals surface area contributed by atoms with E-state index in [1.165, 1.54) is 17.0 Å². The van der Waals surface area contributed by atoms with Gasteiger partial charge in [-0.05, 0) is 24.4 Å². The number of likely N-dealkylation sites (N-methyl/N-ethyl adjacent to an activating group) is 1. The van der Waals surface area contributed by atoms with Gasteiger partial charge in [-0.15, -0.1) is 0 Å². The van der Waals surface area contributed by atoms with Gasteiger partial charge >= 0.3 is 5.97 Å². The van der Waals surface area contributed by atoms with Crippen LogP contribution in [0.1, 0.15) is 34.1 Å². The molecule has 10 heteroatoms. The second-order valence-electron chi connectivity index (χ2n) is 7.77. The molecule has 0 fully saturated rings. The van der Waals surface area contributed by atoms with Crippen LogP contribution in [0.4, 0.5) is 11.4 Å². The number of rotatable bonds is 8. The summed E-state index contributed by atoms with van der Waals surface area (Å²) in [7, 11) is 0. The molecule has 0 N–H and O–H groups in total. The van der Waals surface area contributed by atoms with Crippen molar-refractivity contribution in [3.05, 3.63) is 81.9 Å². The van der Waals surface area contributed by atoms with E-state index in [1.807, 2.05) is 49.4 Å². The van der Waals surface area contributed by atoms with E-state index in [0.29, 0.717) is 12.2 Å². The minimum atomic E-state index is -0.839. The largest absolute Gasteiger partial charge is 0.455 e. The molecule has 1 heterocycles. The van der Waals surface area contributed by atoms with Gasteiger partial charge in [0.15, 0.2) is 6.61 Å². The average Bonchev–Trinajstić information content (AvgIpc) is 3.11. The molecule has 4 rings (SSSR count). The first kappa shape index (κ1) is 23.6. The van der Waals surface area contributed by atoms with Crippen LogP contribution in [0.5, 0.6) is 0 Å². The van der Waals surface area contributed by atoms with Crippen molar-refractivity contribution in [2.45, 2.75) is 13.3 Å². The van der Waals surface area contributed by atoms with Crippen molar-refractivity contribution >= 4 is 45.8 Å². The molecule has 0 saturated carbocycles. The second-order valence-corrected chi connectivity index (χ2v) is 7.77. The number of nitro benzene ring substituents is 1. The lowest BCUT2D eigenvalue weighted by molar-refractivity contribution is -0.385. The van der Waals surface area contributed by atoms with Crippen LogP contribution in [0, 0.1) is 10.1 Å². The zero-order valence-electron chi connectivity index (χ0n) is 18.8. The van der Waals surface area contributed by atoms with E-state index in [-0.39, 0.29) is 24.1 Å². The minimum absolute atomic E-state index is 0.0820. The van der Waals surface area contributed by atoms with E-state index < -0.39 is 40.9 Å². The number of nitrogens with zero attached hydrogens (tertiary/aromatic N) is 3. The Kier molecular flexibility index (Phi) is 6.54. The highest BCUT2D eigenvalue weighted by Crippen LogP contribution is 2.31. The Morgan fingerprint density at radius 2 is 1.71 bits per heavy atom. The molecule has 0 aliphatic carbocycles. The highest BCUT2D eigenvalue weighted by Gasteiger charge is 2.40. The maximum atomic E-state index is 12.8. The van der Waals surface area contributed by atoms with Gasteiger partial charge in [0.05, 0.1) is 22.6 Å². The third-order valence-electron chi connectivity index (χ3n) is 5.74. The molecule has 10 nitrogen and oxygen atoms in total. The first-order valence-electron chi connectivity index (χ1n) is 10.9. The van der Waals surface area contributed by atoms with E-state index in [0.717, 1.165) is 21.7 Å². The van der Waals surface area contributed by atoms with Gasteiger partial charge < -0.3 is 9.64 Å². The first-order valence-corrected chi connectivity index (χ1v) is 10.9. The van der Waals surface area contributed by atoms with Crippen LogP contribution in [0.15, 0.2) is 60.7 Å². The smallest absolute Gasteiger partial charge is 0.308 e. The van der Waals surface area contributed by atoms with Gasteiger partial charge in [-0.2, -0.15) is 0 Å². The standard InChI is InChI=1S/C25H21N3O7/c1-2-26(19-11-5-8-16-7-3-4-9-17(16)19)21(29)15-35-22(30)13-14-27-24(31)18-10-6-12-20(28(33)34)23(18)25(27)32/h3-12H,2,13-15H2,1H3. The summed E-state index contributed by atoms with van der Waals surface area (Å²) in [6, 6.07) is 17.0. The molecule has 0 atom stereocenters. The van der Waals surface area contributed by atoms with Crippen molar-refractivity contribution in [2.75, 3.05) is 24.6 Å². The summed E-state index contributed by atoms with van der Waals surface area (Å²) in [5, 5.41) is 13.1. The van der Waals surface area contributed by atoms with Gasteiger partial charge in [0.2, 0.25) is 0 Å². The summed E-state index contributed by atoms with van der Waals surface area (Å²) >= 11 is 0. The molecule has 3 aromatic rings. The Morgan fingerprint density at radius 3 is 2.46 bits per heavy atom. The van der Waals surface area contributed by atoms with Crippen LogP contribution in [-0.4, -0.2) is 53.2 Å². The number of imide groups is 1. The summed E-state index contributed by atoms with van der Waals surface area (Å²) < 4.78 is 5.10.